The maximum Gasteiger partial charge on any atom is 0.314 e. The highest BCUT2D eigenvalue weighted by Crippen LogP contribution is 2.38. The number of carbonyl (C=O) groups is 1. The van der Waals surface area contributed by atoms with E-state index in [-0.39, 0.29) is 10.5 Å². The van der Waals surface area contributed by atoms with Crippen molar-refractivity contribution in [3.8, 4) is 0 Å². The summed E-state index contributed by atoms with van der Waals surface area (Å²) in [4.78, 5) is 10.6. The summed E-state index contributed by atoms with van der Waals surface area (Å²) in [5.74, 6) is -2.17. The first kappa shape index (κ1) is 10.8. The number of aliphatic carboxylic acids is 1. The Labute approximate surface area is 91.8 Å². The van der Waals surface area contributed by atoms with Gasteiger partial charge in [0.15, 0.2) is 0 Å². The van der Waals surface area contributed by atoms with E-state index >= 15 is 0 Å². The summed E-state index contributed by atoms with van der Waals surface area (Å²) in [6.45, 7) is 0. The molecule has 1 aliphatic carbocycles. The van der Waals surface area contributed by atoms with Crippen molar-refractivity contribution in [3.63, 3.8) is 0 Å². The lowest BCUT2D eigenvalue weighted by atomic mass is 10.0. The summed E-state index contributed by atoms with van der Waals surface area (Å²) >= 11 is 0. The van der Waals surface area contributed by atoms with Crippen LogP contribution in [0, 0.1) is 0 Å². The van der Waals surface area contributed by atoms with Crippen molar-refractivity contribution in [3.05, 3.63) is 41.5 Å². The second-order valence-corrected chi connectivity index (χ2v) is 4.80. The molecule has 0 bridgehead atoms. The molecular formula is C10H8O5S. The van der Waals surface area contributed by atoms with E-state index in [1.807, 2.05) is 0 Å². The zero-order chi connectivity index (χ0) is 11.9. The van der Waals surface area contributed by atoms with Crippen LogP contribution in [0.4, 0.5) is 0 Å². The smallest absolute Gasteiger partial charge is 0.314 e. The van der Waals surface area contributed by atoms with Gasteiger partial charge in [-0.05, 0) is 17.2 Å². The van der Waals surface area contributed by atoms with Gasteiger partial charge in [0, 0.05) is 0 Å². The summed E-state index contributed by atoms with van der Waals surface area (Å²) in [6, 6.07) is 6.21. The number of carboxylic acid groups (broad SMARTS) is 1. The van der Waals surface area contributed by atoms with Crippen LogP contribution in [0.2, 0.25) is 0 Å². The lowest BCUT2D eigenvalue weighted by Crippen LogP contribution is -2.06. The third-order valence-corrected chi connectivity index (χ3v) is 3.34. The first-order valence-corrected chi connectivity index (χ1v) is 5.86. The van der Waals surface area contributed by atoms with Crippen LogP contribution < -0.4 is 0 Å². The van der Waals surface area contributed by atoms with E-state index < -0.39 is 22.0 Å². The summed E-state index contributed by atoms with van der Waals surface area (Å²) in [5.41, 5.74) is 0.625. The average Bonchev–Trinajstić information content (AvgIpc) is 2.56. The fourth-order valence-electron chi connectivity index (χ4n) is 1.75. The second-order valence-electron chi connectivity index (χ2n) is 3.41. The van der Waals surface area contributed by atoms with Gasteiger partial charge in [-0.1, -0.05) is 24.3 Å². The SMILES string of the molecule is O=C(O)C1C=C(S(=O)(=O)O)c2ccccc21. The van der Waals surface area contributed by atoms with Crippen LogP contribution in [0.5, 0.6) is 0 Å². The van der Waals surface area contributed by atoms with E-state index in [1.165, 1.54) is 12.1 Å². The average molecular weight is 240 g/mol. The van der Waals surface area contributed by atoms with Crippen LogP contribution >= 0.6 is 0 Å². The minimum atomic E-state index is -4.38. The lowest BCUT2D eigenvalue weighted by molar-refractivity contribution is -0.137. The molecule has 1 aromatic rings. The Bertz CT molecular complexity index is 585. The molecule has 2 rings (SSSR count). The van der Waals surface area contributed by atoms with Gasteiger partial charge in [-0.15, -0.1) is 0 Å². The third-order valence-electron chi connectivity index (χ3n) is 2.42. The number of benzene rings is 1. The lowest BCUT2D eigenvalue weighted by Gasteiger charge is -2.04. The molecule has 0 saturated heterocycles. The topological polar surface area (TPSA) is 91.7 Å². The highest BCUT2D eigenvalue weighted by Gasteiger charge is 2.33. The Morgan fingerprint density at radius 3 is 2.44 bits per heavy atom. The van der Waals surface area contributed by atoms with Crippen molar-refractivity contribution >= 4 is 21.0 Å². The molecule has 0 fully saturated rings. The molecule has 1 unspecified atom stereocenters. The highest BCUT2D eigenvalue weighted by atomic mass is 32.2. The van der Waals surface area contributed by atoms with Crippen LogP contribution in [-0.2, 0) is 14.9 Å². The third kappa shape index (κ3) is 1.62. The summed E-state index contributed by atoms with van der Waals surface area (Å²) in [7, 11) is -4.38. The number of fused-ring (bicyclic) bond motifs is 1. The Hall–Kier alpha value is -1.66. The van der Waals surface area contributed by atoms with Gasteiger partial charge in [0.25, 0.3) is 10.1 Å². The minimum absolute atomic E-state index is 0.248. The molecule has 5 nitrogen and oxygen atoms in total. The van der Waals surface area contributed by atoms with E-state index in [9.17, 15) is 13.2 Å². The molecule has 0 radical (unpaired) electrons. The van der Waals surface area contributed by atoms with Crippen LogP contribution in [0.15, 0.2) is 30.3 Å². The Morgan fingerprint density at radius 1 is 1.25 bits per heavy atom. The van der Waals surface area contributed by atoms with E-state index in [4.69, 9.17) is 9.66 Å². The van der Waals surface area contributed by atoms with Crippen LogP contribution in [-0.4, -0.2) is 24.0 Å². The molecule has 2 N–H and O–H groups in total. The van der Waals surface area contributed by atoms with Gasteiger partial charge >= 0.3 is 5.97 Å². The number of rotatable bonds is 2. The first-order valence-electron chi connectivity index (χ1n) is 4.42. The van der Waals surface area contributed by atoms with Gasteiger partial charge in [0.2, 0.25) is 0 Å². The molecule has 16 heavy (non-hydrogen) atoms. The molecule has 84 valence electrons. The van der Waals surface area contributed by atoms with Crippen molar-refractivity contribution in [1.82, 2.24) is 0 Å². The van der Waals surface area contributed by atoms with E-state index in [0.29, 0.717) is 5.56 Å². The standard InChI is InChI=1S/C10H8O5S/c11-10(12)8-5-9(16(13,14)15)7-4-2-1-3-6(7)8/h1-5,8H,(H,11,12)(H,13,14,15). The molecule has 0 heterocycles. The van der Waals surface area contributed by atoms with Crippen molar-refractivity contribution < 1.29 is 22.9 Å². The summed E-state index contributed by atoms with van der Waals surface area (Å²) < 4.78 is 31.1. The molecule has 0 spiro atoms. The number of carboxylic acids is 1. The monoisotopic (exact) mass is 240 g/mol. The van der Waals surface area contributed by atoms with Crippen LogP contribution in [0.25, 0.3) is 4.91 Å². The Kier molecular flexibility index (Phi) is 2.32. The van der Waals surface area contributed by atoms with Crippen LogP contribution in [0.1, 0.15) is 17.0 Å². The van der Waals surface area contributed by atoms with Crippen molar-refractivity contribution in [1.29, 1.82) is 0 Å². The maximum atomic E-state index is 11.1. The number of hydrogen-bond donors (Lipinski definition) is 2. The van der Waals surface area contributed by atoms with E-state index in [2.05, 4.69) is 0 Å². The maximum absolute atomic E-state index is 11.1. The van der Waals surface area contributed by atoms with Gasteiger partial charge < -0.3 is 5.11 Å². The predicted molar refractivity (Wildman–Crippen MR) is 56.3 cm³/mol. The second kappa shape index (κ2) is 3.43. The van der Waals surface area contributed by atoms with Crippen LogP contribution in [0.3, 0.4) is 0 Å². The molecule has 0 amide bonds. The number of hydrogen-bond acceptors (Lipinski definition) is 3. The molecule has 1 aliphatic rings. The molecule has 0 saturated carbocycles. The summed E-state index contributed by atoms with van der Waals surface area (Å²) in [6.07, 6.45) is 1.04. The normalized spacial score (nSPS) is 19.1. The van der Waals surface area contributed by atoms with Gasteiger partial charge in [-0.25, -0.2) is 0 Å². The van der Waals surface area contributed by atoms with Crippen molar-refractivity contribution in [2.45, 2.75) is 5.92 Å². The van der Waals surface area contributed by atoms with Gasteiger partial charge in [0.05, 0.1) is 4.91 Å². The molecule has 1 atom stereocenters. The molecular weight excluding hydrogens is 232 g/mol. The molecule has 0 aromatic heterocycles. The van der Waals surface area contributed by atoms with E-state index in [1.54, 1.807) is 12.1 Å². The molecule has 0 aliphatic heterocycles. The zero-order valence-corrected chi connectivity index (χ0v) is 8.81. The fraction of sp³-hybridized carbons (Fsp3) is 0.100. The molecule has 1 aromatic carbocycles. The van der Waals surface area contributed by atoms with E-state index in [0.717, 1.165) is 6.08 Å². The zero-order valence-electron chi connectivity index (χ0n) is 7.99. The van der Waals surface area contributed by atoms with Gasteiger partial charge in [-0.2, -0.15) is 8.42 Å². The summed E-state index contributed by atoms with van der Waals surface area (Å²) in [5, 5.41) is 8.92. The largest absolute Gasteiger partial charge is 0.481 e. The quantitative estimate of drug-likeness (QED) is 0.755. The van der Waals surface area contributed by atoms with Crippen molar-refractivity contribution in [2.24, 2.45) is 0 Å². The van der Waals surface area contributed by atoms with Crippen molar-refractivity contribution in [2.75, 3.05) is 0 Å². The Balaban J connectivity index is 2.67. The van der Waals surface area contributed by atoms with Gasteiger partial charge in [0.1, 0.15) is 5.92 Å². The predicted octanol–water partition coefficient (Wildman–Crippen LogP) is 1.10. The highest BCUT2D eigenvalue weighted by molar-refractivity contribution is 7.95. The molecule has 6 heteroatoms. The first-order chi connectivity index (χ1) is 7.41. The van der Waals surface area contributed by atoms with Gasteiger partial charge in [-0.3, -0.25) is 9.35 Å². The fourth-order valence-corrected chi connectivity index (χ4v) is 2.52. The minimum Gasteiger partial charge on any atom is -0.481 e. The Morgan fingerprint density at radius 2 is 1.88 bits per heavy atom.